The van der Waals surface area contributed by atoms with Crippen LogP contribution in [0.15, 0.2) is 60.7 Å². The molecule has 43 heavy (non-hydrogen) atoms. The van der Waals surface area contributed by atoms with Crippen molar-refractivity contribution in [2.24, 2.45) is 0 Å². The van der Waals surface area contributed by atoms with Gasteiger partial charge in [-0.25, -0.2) is 13.6 Å². The molecule has 3 aromatic carbocycles. The lowest BCUT2D eigenvalue weighted by Crippen LogP contribution is -2.10. The van der Waals surface area contributed by atoms with Crippen LogP contribution in [0.5, 0.6) is 0 Å². The van der Waals surface area contributed by atoms with Gasteiger partial charge in [0.1, 0.15) is 11.6 Å². The maximum absolute atomic E-state index is 16.1. The summed E-state index contributed by atoms with van der Waals surface area (Å²) in [6.45, 7) is 4.65. The monoisotopic (exact) mass is 592 g/mol. The van der Waals surface area contributed by atoms with Gasteiger partial charge in [-0.05, 0) is 48.1 Å². The lowest BCUT2D eigenvalue weighted by atomic mass is 9.91. The van der Waals surface area contributed by atoms with E-state index >= 15 is 8.78 Å². The number of carbonyl (C=O) groups is 1. The summed E-state index contributed by atoms with van der Waals surface area (Å²) < 4.78 is 31.7. The predicted molar refractivity (Wildman–Crippen MR) is 173 cm³/mol. The number of aryl methyl sites for hydroxylation is 1. The molecule has 0 fully saturated rings. The molecule has 3 nitrogen and oxygen atoms in total. The molecule has 0 aliphatic rings. The van der Waals surface area contributed by atoms with Crippen molar-refractivity contribution in [3.63, 3.8) is 0 Å². The molecule has 0 aromatic heterocycles. The first-order chi connectivity index (χ1) is 21.1. The highest BCUT2D eigenvalue weighted by molar-refractivity contribution is 5.95. The van der Waals surface area contributed by atoms with E-state index in [4.69, 9.17) is 9.78 Å². The molecule has 0 spiro atoms. The van der Waals surface area contributed by atoms with Gasteiger partial charge in [-0.2, -0.15) is 4.89 Å². The molecule has 0 radical (unpaired) electrons. The summed E-state index contributed by atoms with van der Waals surface area (Å²) in [5, 5.41) is 0. The Morgan fingerprint density at radius 2 is 1.23 bits per heavy atom. The number of unbranched alkanes of at least 4 members (excludes halogenated alkanes) is 13. The smallest absolute Gasteiger partial charge is 0.293 e. The van der Waals surface area contributed by atoms with E-state index in [9.17, 15) is 4.79 Å². The van der Waals surface area contributed by atoms with Crippen molar-refractivity contribution in [3.05, 3.63) is 83.4 Å². The zero-order valence-corrected chi connectivity index (χ0v) is 26.3. The quantitative estimate of drug-likeness (QED) is 0.0701. The standard InChI is InChI=1S/C38H50F2O3/c1-3-5-7-9-11-12-13-14-17-21-30-24-25-33(35(39)29-30)36-32(31-22-18-16-19-23-31)26-27-34(37(36)40)38(41)43-42-28-20-15-10-8-6-4-2/h16,18-19,22-27,29H,3-15,17,20-21,28H2,1-2H3. The Morgan fingerprint density at radius 1 is 0.651 bits per heavy atom. The van der Waals surface area contributed by atoms with Crippen molar-refractivity contribution in [1.29, 1.82) is 0 Å². The Balaban J connectivity index is 1.68. The third-order valence-electron chi connectivity index (χ3n) is 8.03. The topological polar surface area (TPSA) is 35.5 Å². The number of hydrogen-bond acceptors (Lipinski definition) is 3. The number of hydrogen-bond donors (Lipinski definition) is 0. The second-order valence-corrected chi connectivity index (χ2v) is 11.6. The summed E-state index contributed by atoms with van der Waals surface area (Å²) >= 11 is 0. The highest BCUT2D eigenvalue weighted by Crippen LogP contribution is 2.37. The van der Waals surface area contributed by atoms with E-state index in [1.807, 2.05) is 36.4 Å². The van der Waals surface area contributed by atoms with Gasteiger partial charge in [-0.15, -0.1) is 0 Å². The zero-order chi connectivity index (χ0) is 30.7. The first-order valence-corrected chi connectivity index (χ1v) is 16.6. The minimum absolute atomic E-state index is 0.0451. The summed E-state index contributed by atoms with van der Waals surface area (Å²) in [6.07, 6.45) is 18.3. The average Bonchev–Trinajstić information content (AvgIpc) is 3.02. The molecular weight excluding hydrogens is 542 g/mol. The molecule has 0 N–H and O–H groups in total. The fourth-order valence-corrected chi connectivity index (χ4v) is 5.49. The van der Waals surface area contributed by atoms with Gasteiger partial charge in [0, 0.05) is 11.1 Å². The Morgan fingerprint density at radius 3 is 1.86 bits per heavy atom. The van der Waals surface area contributed by atoms with E-state index < -0.39 is 17.6 Å². The zero-order valence-electron chi connectivity index (χ0n) is 26.3. The van der Waals surface area contributed by atoms with Crippen molar-refractivity contribution in [3.8, 4) is 22.3 Å². The minimum Gasteiger partial charge on any atom is -0.293 e. The molecule has 0 saturated heterocycles. The van der Waals surface area contributed by atoms with Crippen LogP contribution in [0.3, 0.4) is 0 Å². The van der Waals surface area contributed by atoms with Crippen LogP contribution in [-0.2, 0) is 16.2 Å². The molecular formula is C38H50F2O3. The van der Waals surface area contributed by atoms with E-state index in [1.165, 1.54) is 76.3 Å². The van der Waals surface area contributed by atoms with Gasteiger partial charge in [0.25, 0.3) is 0 Å². The highest BCUT2D eigenvalue weighted by atomic mass is 19.1. The van der Waals surface area contributed by atoms with E-state index in [0.717, 1.165) is 49.7 Å². The molecule has 3 aromatic rings. The van der Waals surface area contributed by atoms with Crippen LogP contribution in [0.2, 0.25) is 0 Å². The average molecular weight is 593 g/mol. The van der Waals surface area contributed by atoms with Gasteiger partial charge in [0.15, 0.2) is 0 Å². The van der Waals surface area contributed by atoms with Gasteiger partial charge in [0.2, 0.25) is 0 Å². The number of carbonyl (C=O) groups excluding carboxylic acids is 1. The Bertz CT molecular complexity index is 1230. The summed E-state index contributed by atoms with van der Waals surface area (Å²) in [6, 6.07) is 17.3. The van der Waals surface area contributed by atoms with Gasteiger partial charge in [-0.3, -0.25) is 4.89 Å². The summed E-state index contributed by atoms with van der Waals surface area (Å²) in [7, 11) is 0. The van der Waals surface area contributed by atoms with Crippen LogP contribution in [0.4, 0.5) is 8.78 Å². The van der Waals surface area contributed by atoms with Crippen molar-refractivity contribution in [2.75, 3.05) is 6.61 Å². The van der Waals surface area contributed by atoms with E-state index in [2.05, 4.69) is 13.8 Å². The minimum atomic E-state index is -0.924. The number of benzene rings is 3. The number of rotatable bonds is 21. The first kappa shape index (κ1) is 34.4. The van der Waals surface area contributed by atoms with E-state index in [-0.39, 0.29) is 23.3 Å². The van der Waals surface area contributed by atoms with Crippen molar-refractivity contribution < 1.29 is 23.4 Å². The molecule has 0 unspecified atom stereocenters. The summed E-state index contributed by atoms with van der Waals surface area (Å²) in [5.74, 6) is -2.25. The molecule has 0 heterocycles. The Labute approximate surface area is 257 Å². The van der Waals surface area contributed by atoms with Crippen molar-refractivity contribution in [2.45, 2.75) is 117 Å². The van der Waals surface area contributed by atoms with Crippen LogP contribution >= 0.6 is 0 Å². The van der Waals surface area contributed by atoms with Gasteiger partial charge < -0.3 is 0 Å². The first-order valence-electron chi connectivity index (χ1n) is 16.6. The lowest BCUT2D eigenvalue weighted by molar-refractivity contribution is -0.241. The molecule has 0 bridgehead atoms. The predicted octanol–water partition coefficient (Wildman–Crippen LogP) is 11.8. The molecule has 0 saturated carbocycles. The van der Waals surface area contributed by atoms with Crippen LogP contribution in [0, 0.1) is 11.6 Å². The van der Waals surface area contributed by atoms with Crippen molar-refractivity contribution in [1.82, 2.24) is 0 Å². The number of halogens is 2. The molecule has 5 heteroatoms. The van der Waals surface area contributed by atoms with Crippen LogP contribution in [0.25, 0.3) is 22.3 Å². The summed E-state index contributed by atoms with van der Waals surface area (Å²) in [5.41, 5.74) is 2.01. The van der Waals surface area contributed by atoms with Crippen molar-refractivity contribution >= 4 is 5.97 Å². The lowest BCUT2D eigenvalue weighted by Gasteiger charge is -2.15. The SMILES string of the molecule is CCCCCCCCCCCc1ccc(-c2c(-c3ccccc3)ccc(C(=O)OOCCCCCCCC)c2F)c(F)c1. The maximum atomic E-state index is 16.1. The van der Waals surface area contributed by atoms with Crippen LogP contribution < -0.4 is 0 Å². The van der Waals surface area contributed by atoms with Gasteiger partial charge >= 0.3 is 5.97 Å². The molecule has 0 atom stereocenters. The normalized spacial score (nSPS) is 11.2. The van der Waals surface area contributed by atoms with Crippen LogP contribution in [-0.4, -0.2) is 12.6 Å². The fourth-order valence-electron chi connectivity index (χ4n) is 5.49. The fraction of sp³-hybridized carbons (Fsp3) is 0.500. The second kappa shape index (κ2) is 20.0. The highest BCUT2D eigenvalue weighted by Gasteiger charge is 2.24. The largest absolute Gasteiger partial charge is 0.376 e. The Kier molecular flexibility index (Phi) is 16.0. The maximum Gasteiger partial charge on any atom is 0.376 e. The molecule has 234 valence electrons. The Hall–Kier alpha value is -3.05. The van der Waals surface area contributed by atoms with Gasteiger partial charge in [0.05, 0.1) is 12.2 Å². The van der Waals surface area contributed by atoms with Crippen LogP contribution in [0.1, 0.15) is 126 Å². The van der Waals surface area contributed by atoms with E-state index in [0.29, 0.717) is 5.56 Å². The molecule has 0 aliphatic heterocycles. The van der Waals surface area contributed by atoms with E-state index in [1.54, 1.807) is 12.1 Å². The summed E-state index contributed by atoms with van der Waals surface area (Å²) in [4.78, 5) is 22.8. The molecule has 3 rings (SSSR count). The third-order valence-corrected chi connectivity index (χ3v) is 8.03. The molecule has 0 amide bonds. The third kappa shape index (κ3) is 11.5. The molecule has 0 aliphatic carbocycles. The van der Waals surface area contributed by atoms with Gasteiger partial charge in [-0.1, -0.05) is 146 Å². The second-order valence-electron chi connectivity index (χ2n) is 11.6.